The number of alkyl halides is 3. The molecule has 2 N–H and O–H groups in total. The third-order valence-corrected chi connectivity index (χ3v) is 4.31. The number of nitrogens with one attached hydrogen (secondary N) is 2. The van der Waals surface area contributed by atoms with E-state index >= 15 is 0 Å². The van der Waals surface area contributed by atoms with Crippen LogP contribution in [0.3, 0.4) is 0 Å². The SMILES string of the molecule is O=S(=O)(CCC(F)(F)F)NCCNc1cc(-n2cccc2)ncn1. The van der Waals surface area contributed by atoms with Gasteiger partial charge in [-0.2, -0.15) is 13.2 Å². The van der Waals surface area contributed by atoms with Gasteiger partial charge in [0, 0.05) is 31.5 Å². The molecule has 2 heterocycles. The molecule has 0 aliphatic carbocycles. The van der Waals surface area contributed by atoms with E-state index in [-0.39, 0.29) is 13.1 Å². The summed E-state index contributed by atoms with van der Waals surface area (Å²) in [4.78, 5) is 8.08. The van der Waals surface area contributed by atoms with Crippen LogP contribution in [-0.4, -0.2) is 48.0 Å². The molecule has 0 saturated heterocycles. The molecule has 0 radical (unpaired) electrons. The fourth-order valence-electron chi connectivity index (χ4n) is 1.79. The summed E-state index contributed by atoms with van der Waals surface area (Å²) < 4.78 is 62.8. The zero-order valence-corrected chi connectivity index (χ0v) is 13.3. The molecule has 0 amide bonds. The summed E-state index contributed by atoms with van der Waals surface area (Å²) in [6.07, 6.45) is -0.905. The predicted octanol–water partition coefficient (Wildman–Crippen LogP) is 1.55. The number of anilines is 1. The second kappa shape index (κ2) is 7.62. The van der Waals surface area contributed by atoms with Crippen LogP contribution >= 0.6 is 0 Å². The van der Waals surface area contributed by atoms with Crippen LogP contribution in [0, 0.1) is 0 Å². The highest BCUT2D eigenvalue weighted by Gasteiger charge is 2.29. The van der Waals surface area contributed by atoms with E-state index in [0.717, 1.165) is 0 Å². The number of hydrogen-bond donors (Lipinski definition) is 2. The van der Waals surface area contributed by atoms with Crippen molar-refractivity contribution in [2.75, 3.05) is 24.2 Å². The van der Waals surface area contributed by atoms with Crippen LogP contribution in [0.25, 0.3) is 5.82 Å². The Labute approximate surface area is 137 Å². The van der Waals surface area contributed by atoms with Gasteiger partial charge in [0.15, 0.2) is 0 Å². The first-order chi connectivity index (χ1) is 11.3. The van der Waals surface area contributed by atoms with Crippen molar-refractivity contribution in [1.29, 1.82) is 0 Å². The van der Waals surface area contributed by atoms with Gasteiger partial charge in [-0.15, -0.1) is 0 Å². The third kappa shape index (κ3) is 6.16. The number of hydrogen-bond acceptors (Lipinski definition) is 5. The van der Waals surface area contributed by atoms with Crippen molar-refractivity contribution in [2.45, 2.75) is 12.6 Å². The van der Waals surface area contributed by atoms with Crippen molar-refractivity contribution in [1.82, 2.24) is 19.3 Å². The average molecular weight is 363 g/mol. The molecule has 132 valence electrons. The lowest BCUT2D eigenvalue weighted by Crippen LogP contribution is -2.32. The van der Waals surface area contributed by atoms with Crippen molar-refractivity contribution in [3.63, 3.8) is 0 Å². The van der Waals surface area contributed by atoms with E-state index in [2.05, 4.69) is 20.0 Å². The van der Waals surface area contributed by atoms with Crippen molar-refractivity contribution < 1.29 is 21.6 Å². The molecule has 24 heavy (non-hydrogen) atoms. The molecule has 0 spiro atoms. The summed E-state index contributed by atoms with van der Waals surface area (Å²) in [5.41, 5.74) is 0. The van der Waals surface area contributed by atoms with Crippen molar-refractivity contribution in [2.24, 2.45) is 0 Å². The van der Waals surface area contributed by atoms with E-state index in [9.17, 15) is 21.6 Å². The monoisotopic (exact) mass is 363 g/mol. The lowest BCUT2D eigenvalue weighted by Gasteiger charge is -2.10. The van der Waals surface area contributed by atoms with Crippen molar-refractivity contribution in [3.8, 4) is 5.82 Å². The lowest BCUT2D eigenvalue weighted by molar-refractivity contribution is -0.129. The minimum absolute atomic E-state index is 0.0525. The summed E-state index contributed by atoms with van der Waals surface area (Å²) in [5, 5.41) is 2.88. The largest absolute Gasteiger partial charge is 0.390 e. The minimum atomic E-state index is -4.50. The molecule has 7 nitrogen and oxygen atoms in total. The molecule has 2 rings (SSSR count). The van der Waals surface area contributed by atoms with Gasteiger partial charge >= 0.3 is 6.18 Å². The molecule has 0 aliphatic rings. The van der Waals surface area contributed by atoms with E-state index in [1.165, 1.54) is 6.33 Å². The number of rotatable bonds is 8. The first-order valence-corrected chi connectivity index (χ1v) is 8.64. The smallest absolute Gasteiger partial charge is 0.369 e. The average Bonchev–Trinajstić information content (AvgIpc) is 3.04. The highest BCUT2D eigenvalue weighted by Crippen LogP contribution is 2.19. The molecule has 0 aliphatic heterocycles. The van der Waals surface area contributed by atoms with E-state index in [4.69, 9.17) is 0 Å². The number of nitrogens with zero attached hydrogens (tertiary/aromatic N) is 3. The number of sulfonamides is 1. The third-order valence-electron chi connectivity index (χ3n) is 2.93. The van der Waals surface area contributed by atoms with Crippen LogP contribution in [0.2, 0.25) is 0 Å². The quantitative estimate of drug-likeness (QED) is 0.695. The second-order valence-corrected chi connectivity index (χ2v) is 6.78. The Morgan fingerprint density at radius 3 is 2.50 bits per heavy atom. The van der Waals surface area contributed by atoms with Crippen molar-refractivity contribution in [3.05, 3.63) is 36.9 Å². The molecule has 0 saturated carbocycles. The molecule has 0 bridgehead atoms. The van der Waals surface area contributed by atoms with E-state index in [1.54, 1.807) is 23.0 Å². The fourth-order valence-corrected chi connectivity index (χ4v) is 2.85. The van der Waals surface area contributed by atoms with Gasteiger partial charge in [-0.05, 0) is 12.1 Å². The van der Waals surface area contributed by atoms with Crippen molar-refractivity contribution >= 4 is 15.8 Å². The zero-order chi connectivity index (χ0) is 17.6. The van der Waals surface area contributed by atoms with Gasteiger partial charge in [-0.1, -0.05) is 0 Å². The molecule has 2 aromatic heterocycles. The van der Waals surface area contributed by atoms with Gasteiger partial charge in [0.1, 0.15) is 18.0 Å². The van der Waals surface area contributed by atoms with Gasteiger partial charge in [-0.3, -0.25) is 0 Å². The highest BCUT2D eigenvalue weighted by atomic mass is 32.2. The fraction of sp³-hybridized carbons (Fsp3) is 0.385. The van der Waals surface area contributed by atoms with Gasteiger partial charge in [0.2, 0.25) is 10.0 Å². The van der Waals surface area contributed by atoms with Crippen LogP contribution < -0.4 is 10.0 Å². The normalized spacial score (nSPS) is 12.3. The summed E-state index contributed by atoms with van der Waals surface area (Å²) >= 11 is 0. The Bertz CT molecular complexity index is 747. The Balaban J connectivity index is 1.79. The van der Waals surface area contributed by atoms with E-state index in [1.807, 2.05) is 12.1 Å². The number of halogens is 3. The maximum atomic E-state index is 12.0. The van der Waals surface area contributed by atoms with Gasteiger partial charge in [-0.25, -0.2) is 23.1 Å². The first kappa shape index (κ1) is 18.2. The molecular formula is C13H16F3N5O2S. The predicted molar refractivity (Wildman–Crippen MR) is 82.3 cm³/mol. The maximum Gasteiger partial charge on any atom is 0.390 e. The highest BCUT2D eigenvalue weighted by molar-refractivity contribution is 7.89. The Hall–Kier alpha value is -2.14. The zero-order valence-electron chi connectivity index (χ0n) is 12.5. The topological polar surface area (TPSA) is 88.9 Å². The van der Waals surface area contributed by atoms with Crippen LogP contribution in [0.15, 0.2) is 36.9 Å². The lowest BCUT2D eigenvalue weighted by atomic mass is 10.5. The summed E-state index contributed by atoms with van der Waals surface area (Å²) in [6, 6.07) is 5.34. The van der Waals surface area contributed by atoms with Crippen LogP contribution in [0.1, 0.15) is 6.42 Å². The van der Waals surface area contributed by atoms with Crippen LogP contribution in [0.4, 0.5) is 19.0 Å². The number of aromatic nitrogens is 3. The Kier molecular flexibility index (Phi) is 5.78. The summed E-state index contributed by atoms with van der Waals surface area (Å²) in [5.74, 6) is 0.119. The second-order valence-electron chi connectivity index (χ2n) is 4.86. The maximum absolute atomic E-state index is 12.0. The van der Waals surface area contributed by atoms with Crippen LogP contribution in [0.5, 0.6) is 0 Å². The minimum Gasteiger partial charge on any atom is -0.369 e. The van der Waals surface area contributed by atoms with E-state index in [0.29, 0.717) is 11.6 Å². The Morgan fingerprint density at radius 2 is 1.83 bits per heavy atom. The molecule has 2 aromatic rings. The van der Waals surface area contributed by atoms with Crippen LogP contribution in [-0.2, 0) is 10.0 Å². The molecule has 11 heteroatoms. The van der Waals surface area contributed by atoms with Gasteiger partial charge in [0.25, 0.3) is 0 Å². The standard InChI is InChI=1S/C13H16F3N5O2S/c14-13(15,16)3-8-24(22,23)20-5-4-17-11-9-12(19-10-18-11)21-6-1-2-7-21/h1-2,6-7,9-10,20H,3-5,8H2,(H,17,18,19). The Morgan fingerprint density at radius 1 is 1.12 bits per heavy atom. The molecule has 0 aromatic carbocycles. The summed E-state index contributed by atoms with van der Waals surface area (Å²) in [7, 11) is -3.96. The first-order valence-electron chi connectivity index (χ1n) is 6.98. The molecule has 0 unspecified atom stereocenters. The molecular weight excluding hydrogens is 347 g/mol. The molecule has 0 fully saturated rings. The summed E-state index contributed by atoms with van der Waals surface area (Å²) in [6.45, 7) is 0.121. The molecule has 0 atom stereocenters. The van der Waals surface area contributed by atoms with Gasteiger partial charge in [0.05, 0.1) is 12.2 Å². The van der Waals surface area contributed by atoms with E-state index < -0.39 is 28.4 Å². The van der Waals surface area contributed by atoms with Gasteiger partial charge < -0.3 is 9.88 Å².